The van der Waals surface area contributed by atoms with Crippen molar-refractivity contribution in [3.05, 3.63) is 0 Å². The number of nitrogens with two attached hydrogens (primary N) is 2. The predicted octanol–water partition coefficient (Wildman–Crippen LogP) is -0.718. The van der Waals surface area contributed by atoms with Crippen molar-refractivity contribution in [2.75, 3.05) is 26.3 Å². The summed E-state index contributed by atoms with van der Waals surface area (Å²) in [5.74, 6) is 0. The van der Waals surface area contributed by atoms with E-state index in [2.05, 4.69) is 30.2 Å². The summed E-state index contributed by atoms with van der Waals surface area (Å²) in [7, 11) is 0. The third-order valence-electron chi connectivity index (χ3n) is 1.19. The molecule has 0 amide bonds. The van der Waals surface area contributed by atoms with Crippen LogP contribution in [0.1, 0.15) is 0 Å². The Hall–Kier alpha value is -0.700. The molecule has 0 aliphatic carbocycles. The quantitative estimate of drug-likeness (QED) is 0.516. The lowest BCUT2D eigenvalue weighted by molar-refractivity contribution is -0.127. The van der Waals surface area contributed by atoms with Crippen LogP contribution in [0.2, 0.25) is 0 Å². The van der Waals surface area contributed by atoms with E-state index >= 15 is 0 Å². The fourth-order valence-corrected chi connectivity index (χ4v) is 0.871. The van der Waals surface area contributed by atoms with Gasteiger partial charge in [0.1, 0.15) is 0 Å². The lowest BCUT2D eigenvalue weighted by Gasteiger charge is -2.24. The Bertz CT molecular complexity index is 193. The minimum Gasteiger partial charge on any atom is -0.487 e. The van der Waals surface area contributed by atoms with E-state index in [-0.39, 0.29) is 5.17 Å². The number of aliphatic hydroxyl groups excluding tert-OH is 1. The van der Waals surface area contributed by atoms with Crippen molar-refractivity contribution in [2.45, 2.75) is 0 Å². The van der Waals surface area contributed by atoms with Crippen LogP contribution in [0.5, 0.6) is 0 Å². The molecule has 1 saturated heterocycles. The highest BCUT2D eigenvalue weighted by molar-refractivity contribution is 7.80. The third-order valence-corrected chi connectivity index (χ3v) is 1.26. The van der Waals surface area contributed by atoms with Gasteiger partial charge in [0, 0.05) is 0 Å². The van der Waals surface area contributed by atoms with E-state index < -0.39 is 5.17 Å². The first-order valence-electron chi connectivity index (χ1n) is 3.81. The maximum absolute atomic E-state index is 7.56. The van der Waals surface area contributed by atoms with E-state index in [1.807, 2.05) is 0 Å². The lowest BCUT2D eigenvalue weighted by Crippen LogP contribution is -2.39. The van der Waals surface area contributed by atoms with Gasteiger partial charge in [0.05, 0.1) is 26.3 Å². The molecule has 0 atom stereocenters. The first kappa shape index (κ1) is 13.3. The summed E-state index contributed by atoms with van der Waals surface area (Å²) < 4.78 is 5.08. The topological polar surface area (TPSA) is 94.0 Å². The average molecular weight is 239 g/mol. The number of thiocarbonyl (C=S) groups is 2. The molecule has 8 heteroatoms. The summed E-state index contributed by atoms with van der Waals surface area (Å²) in [4.78, 5) is 4.95. The van der Waals surface area contributed by atoms with Gasteiger partial charge in [-0.25, -0.2) is 0 Å². The van der Waals surface area contributed by atoms with Gasteiger partial charge in [-0.3, -0.25) is 0 Å². The molecule has 0 unspecified atom stereocenters. The summed E-state index contributed by atoms with van der Waals surface area (Å²) in [5, 5.41) is 8.84. The van der Waals surface area contributed by atoms with Crippen LogP contribution in [-0.2, 0) is 9.57 Å². The molecule has 0 radical (unpaired) electrons. The monoisotopic (exact) mass is 239 g/mol. The molecule has 0 saturated carbocycles. The minimum atomic E-state index is -0.500. The van der Waals surface area contributed by atoms with E-state index in [9.17, 15) is 0 Å². The Morgan fingerprint density at radius 3 is 2.07 bits per heavy atom. The Morgan fingerprint density at radius 2 is 1.71 bits per heavy atom. The predicted molar refractivity (Wildman–Crippen MR) is 59.7 cm³/mol. The van der Waals surface area contributed by atoms with Gasteiger partial charge in [-0.2, -0.15) is 0 Å². The third kappa shape index (κ3) is 9.39. The average Bonchev–Trinajstić information content (AvgIpc) is 2.03. The second-order valence-electron chi connectivity index (χ2n) is 2.29. The summed E-state index contributed by atoms with van der Waals surface area (Å²) in [5.41, 5.74) is 9.55. The number of hydrogen-bond acceptors (Lipinski definition) is 5. The van der Waals surface area contributed by atoms with Gasteiger partial charge in [-0.05, 0) is 24.4 Å². The van der Waals surface area contributed by atoms with Crippen LogP contribution >= 0.6 is 24.4 Å². The Labute approximate surface area is 92.7 Å². The van der Waals surface area contributed by atoms with Gasteiger partial charge in [-0.15, -0.1) is 5.06 Å². The summed E-state index contributed by atoms with van der Waals surface area (Å²) in [6.45, 7) is 2.83. The highest BCUT2D eigenvalue weighted by atomic mass is 32.1. The molecule has 5 N–H and O–H groups in total. The van der Waals surface area contributed by atoms with Crippen LogP contribution in [0.25, 0.3) is 0 Å². The zero-order valence-corrected chi connectivity index (χ0v) is 9.14. The molecule has 14 heavy (non-hydrogen) atoms. The van der Waals surface area contributed by atoms with Crippen LogP contribution in [0, 0.1) is 0 Å². The summed E-state index contributed by atoms with van der Waals surface area (Å²) in [6.07, 6.45) is 0. The van der Waals surface area contributed by atoms with E-state index in [0.29, 0.717) is 13.2 Å². The number of aliphatic hydroxyl groups is 1. The standard InChI is InChI=1S/C5H10N2O2S.CH3NOS/c6-5(10)9-7-1-3-8-4-2-7;2-1(3)4/h1-4H2,(H2,6,10);(H3,2,3,4). The van der Waals surface area contributed by atoms with Crippen LogP contribution in [0.3, 0.4) is 0 Å². The molecule has 1 rings (SSSR count). The van der Waals surface area contributed by atoms with Gasteiger partial charge in [0.15, 0.2) is 0 Å². The van der Waals surface area contributed by atoms with E-state index in [1.165, 1.54) is 0 Å². The van der Waals surface area contributed by atoms with Crippen molar-refractivity contribution in [3.63, 3.8) is 0 Å². The zero-order chi connectivity index (χ0) is 11.0. The van der Waals surface area contributed by atoms with Crippen molar-refractivity contribution in [2.24, 2.45) is 11.5 Å². The molecule has 0 spiro atoms. The van der Waals surface area contributed by atoms with Gasteiger partial charge in [0.25, 0.3) is 10.3 Å². The van der Waals surface area contributed by atoms with Crippen molar-refractivity contribution in [1.29, 1.82) is 0 Å². The molecule has 82 valence electrons. The van der Waals surface area contributed by atoms with E-state index in [1.54, 1.807) is 5.06 Å². The molecule has 1 aliphatic heterocycles. The van der Waals surface area contributed by atoms with Gasteiger partial charge >= 0.3 is 0 Å². The lowest BCUT2D eigenvalue weighted by atomic mass is 10.5. The maximum atomic E-state index is 7.56. The highest BCUT2D eigenvalue weighted by Crippen LogP contribution is 1.96. The van der Waals surface area contributed by atoms with Crippen LogP contribution in [0.15, 0.2) is 0 Å². The Morgan fingerprint density at radius 1 is 1.29 bits per heavy atom. The minimum absolute atomic E-state index is 0.0712. The molecule has 1 aliphatic rings. The van der Waals surface area contributed by atoms with Crippen molar-refractivity contribution in [3.8, 4) is 0 Å². The Kier molecular flexibility index (Phi) is 7.30. The second kappa shape index (κ2) is 7.68. The first-order valence-corrected chi connectivity index (χ1v) is 4.62. The number of rotatable bonds is 1. The number of hydroxylamine groups is 2. The fraction of sp³-hybridized carbons (Fsp3) is 0.667. The molecule has 1 heterocycles. The number of nitrogens with zero attached hydrogens (tertiary/aromatic N) is 1. The molecular formula is C6H13N3O3S2. The SMILES string of the molecule is NC(=S)ON1CCOCC1.NC(O)=S. The van der Waals surface area contributed by atoms with Gasteiger partial charge in [0.2, 0.25) is 0 Å². The second-order valence-corrected chi connectivity index (χ2v) is 3.11. The molecule has 0 aromatic rings. The van der Waals surface area contributed by atoms with Crippen molar-refractivity contribution < 1.29 is 14.7 Å². The Balaban J connectivity index is 0.000000364. The molecular weight excluding hydrogens is 226 g/mol. The van der Waals surface area contributed by atoms with E-state index in [4.69, 9.17) is 20.4 Å². The zero-order valence-electron chi connectivity index (χ0n) is 7.51. The summed E-state index contributed by atoms with van der Waals surface area (Å²) >= 11 is 8.42. The molecule has 1 fully saturated rings. The van der Waals surface area contributed by atoms with Gasteiger partial charge in [-0.1, -0.05) is 0 Å². The molecule has 0 bridgehead atoms. The summed E-state index contributed by atoms with van der Waals surface area (Å²) in [6, 6.07) is 0. The van der Waals surface area contributed by atoms with Gasteiger partial charge < -0.3 is 26.1 Å². The first-order chi connectivity index (χ1) is 6.52. The number of hydrogen-bond donors (Lipinski definition) is 3. The normalized spacial score (nSPS) is 16.3. The smallest absolute Gasteiger partial charge is 0.276 e. The highest BCUT2D eigenvalue weighted by Gasteiger charge is 2.11. The largest absolute Gasteiger partial charge is 0.487 e. The number of morpholine rings is 1. The molecule has 6 nitrogen and oxygen atoms in total. The van der Waals surface area contributed by atoms with Crippen molar-refractivity contribution in [1.82, 2.24) is 5.06 Å². The van der Waals surface area contributed by atoms with E-state index in [0.717, 1.165) is 13.1 Å². The molecule has 0 aromatic heterocycles. The maximum Gasteiger partial charge on any atom is 0.276 e. The fourth-order valence-electron chi connectivity index (χ4n) is 0.765. The van der Waals surface area contributed by atoms with Crippen LogP contribution < -0.4 is 11.5 Å². The number of ether oxygens (including phenoxy) is 1. The van der Waals surface area contributed by atoms with Crippen LogP contribution in [-0.4, -0.2) is 46.8 Å². The van der Waals surface area contributed by atoms with Crippen molar-refractivity contribution >= 4 is 34.8 Å². The van der Waals surface area contributed by atoms with Crippen LogP contribution in [0.4, 0.5) is 0 Å². The molecule has 0 aromatic carbocycles.